The Morgan fingerprint density at radius 3 is 2.26 bits per heavy atom. The Morgan fingerprint density at radius 2 is 1.64 bits per heavy atom. The van der Waals surface area contributed by atoms with E-state index in [1.165, 1.54) is 38.4 Å². The predicted molar refractivity (Wildman–Crippen MR) is 209 cm³/mol. The third kappa shape index (κ3) is 9.72. The van der Waals surface area contributed by atoms with Crippen molar-refractivity contribution in [3.05, 3.63) is 103 Å². The van der Waals surface area contributed by atoms with Gasteiger partial charge in [-0.15, -0.1) is 40.5 Å². The molecule has 5 rings (SSSR count). The van der Waals surface area contributed by atoms with Crippen molar-refractivity contribution < 1.29 is 34.6 Å². The Bertz CT molecular complexity index is 1910. The van der Waals surface area contributed by atoms with Crippen LogP contribution in [-0.2, 0) is 36.7 Å². The van der Waals surface area contributed by atoms with E-state index in [9.17, 15) is 9.90 Å². The van der Waals surface area contributed by atoms with Gasteiger partial charge in [0, 0.05) is 62.2 Å². The topological polar surface area (TPSA) is 54.1 Å². The van der Waals surface area contributed by atoms with Gasteiger partial charge in [0.15, 0.2) is 5.78 Å². The summed E-state index contributed by atoms with van der Waals surface area (Å²) < 4.78 is 3.24. The van der Waals surface area contributed by atoms with Gasteiger partial charge < -0.3 is 9.67 Å². The molecule has 0 amide bonds. The number of hydrogen-bond acceptors (Lipinski definition) is 4. The summed E-state index contributed by atoms with van der Waals surface area (Å²) in [4.78, 5) is 16.6. The number of carbonyl (C=O) groups is 1. The number of nitrogens with zero attached hydrogens (tertiary/aromatic N) is 2. The molecule has 2 aromatic carbocycles. The van der Waals surface area contributed by atoms with E-state index in [1.807, 2.05) is 44.7 Å². The summed E-state index contributed by atoms with van der Waals surface area (Å²) in [6.07, 6.45) is 10.00. The van der Waals surface area contributed by atoms with E-state index in [2.05, 4.69) is 102 Å². The van der Waals surface area contributed by atoms with Crippen LogP contribution in [0.25, 0.3) is 43.2 Å². The van der Waals surface area contributed by atoms with Gasteiger partial charge in [-0.1, -0.05) is 91.5 Å². The van der Waals surface area contributed by atoms with Gasteiger partial charge in [-0.25, -0.2) is 0 Å². The molecule has 0 fully saturated rings. The first kappa shape index (κ1) is 41.1. The molecule has 5 aromatic rings. The van der Waals surface area contributed by atoms with Crippen LogP contribution in [-0.4, -0.2) is 15.9 Å². The van der Waals surface area contributed by atoms with Crippen molar-refractivity contribution in [1.29, 1.82) is 0 Å². The average Bonchev–Trinajstić information content (AvgIpc) is 3.56. The summed E-state index contributed by atoms with van der Waals surface area (Å²) >= 11 is 1.79. The quantitative estimate of drug-likeness (QED) is 0.0623. The summed E-state index contributed by atoms with van der Waals surface area (Å²) in [5, 5.41) is 15.6. The molecule has 6 heteroatoms. The second-order valence-corrected chi connectivity index (χ2v) is 15.5. The molecule has 1 radical (unpaired) electrons. The van der Waals surface area contributed by atoms with Crippen molar-refractivity contribution in [1.82, 2.24) is 4.98 Å². The number of rotatable bonds is 11. The van der Waals surface area contributed by atoms with Crippen LogP contribution in [0, 0.1) is 30.9 Å². The summed E-state index contributed by atoms with van der Waals surface area (Å²) in [6, 6.07) is 21.1. The van der Waals surface area contributed by atoms with Crippen molar-refractivity contribution in [3.8, 4) is 22.4 Å². The minimum absolute atomic E-state index is 0. The van der Waals surface area contributed by atoms with Crippen molar-refractivity contribution in [2.24, 2.45) is 17.8 Å². The van der Waals surface area contributed by atoms with Crippen LogP contribution in [0.4, 0.5) is 0 Å². The fraction of sp³-hybridized carbons (Fsp3) is 0.409. The number of thiophene rings is 1. The van der Waals surface area contributed by atoms with E-state index in [-0.39, 0.29) is 48.9 Å². The Balaban J connectivity index is 0.000000361. The number of aliphatic hydroxyl groups is 1. The molecule has 3 heterocycles. The normalized spacial score (nSPS) is 12.0. The SMILES string of the molecule is CCC(CC)C(=O)/C=C(\O)C(CC)CC.[CH2-][n+]1ccc(-c2cnc(CC(C)C)c3sccc23)cc1-c1[c-]c2ccccc2c(C(C)(C)C)c1.[Ir]. The molecule has 0 aliphatic rings. The third-order valence-electron chi connectivity index (χ3n) is 9.46. The number of fused-ring (bicyclic) bond motifs is 2. The van der Waals surface area contributed by atoms with E-state index in [0.29, 0.717) is 5.92 Å². The zero-order valence-electron chi connectivity index (χ0n) is 31.4. The smallest absolute Gasteiger partial charge is 0.162 e. The predicted octanol–water partition coefficient (Wildman–Crippen LogP) is 11.9. The van der Waals surface area contributed by atoms with E-state index in [4.69, 9.17) is 4.98 Å². The van der Waals surface area contributed by atoms with Gasteiger partial charge in [0.2, 0.25) is 0 Å². The van der Waals surface area contributed by atoms with Gasteiger partial charge in [-0.3, -0.25) is 9.78 Å². The molecule has 0 saturated heterocycles. The van der Waals surface area contributed by atoms with Crippen LogP contribution >= 0.6 is 11.3 Å². The van der Waals surface area contributed by atoms with E-state index < -0.39 is 0 Å². The maximum atomic E-state index is 11.7. The Hall–Kier alpha value is -3.31. The van der Waals surface area contributed by atoms with Gasteiger partial charge >= 0.3 is 0 Å². The molecule has 1 N–H and O–H groups in total. The van der Waals surface area contributed by atoms with Gasteiger partial charge in [0.1, 0.15) is 5.69 Å². The second kappa shape index (κ2) is 18.3. The molecule has 0 aliphatic heterocycles. The molecule has 4 nitrogen and oxygen atoms in total. The number of aliphatic hydroxyl groups excluding tert-OH is 1. The number of ketones is 1. The van der Waals surface area contributed by atoms with E-state index in [0.717, 1.165) is 54.3 Å². The van der Waals surface area contributed by atoms with Gasteiger partial charge in [-0.2, -0.15) is 0 Å². The molecule has 0 bridgehead atoms. The van der Waals surface area contributed by atoms with Crippen molar-refractivity contribution in [2.75, 3.05) is 0 Å². The summed E-state index contributed by atoms with van der Waals surface area (Å²) in [5.74, 6) is 1.13. The van der Waals surface area contributed by atoms with Gasteiger partial charge in [-0.05, 0) is 72.6 Å². The first-order valence-electron chi connectivity index (χ1n) is 17.9. The zero-order chi connectivity index (χ0) is 35.9. The summed E-state index contributed by atoms with van der Waals surface area (Å²) in [7, 11) is 4.29. The number of aromatic nitrogens is 2. The minimum Gasteiger partial charge on any atom is -0.512 e. The number of benzene rings is 2. The molecule has 0 spiro atoms. The molecule has 0 atom stereocenters. The molecule has 3 aromatic heterocycles. The van der Waals surface area contributed by atoms with Crippen LogP contribution in [0.15, 0.2) is 78.1 Å². The summed E-state index contributed by atoms with van der Waals surface area (Å²) in [6.45, 7) is 19.4. The number of pyridine rings is 2. The molecular formula is C44H55IrN2O2S-. The van der Waals surface area contributed by atoms with Crippen LogP contribution in [0.3, 0.4) is 0 Å². The molecular weight excluding hydrogens is 813 g/mol. The zero-order valence-corrected chi connectivity index (χ0v) is 34.6. The number of hydrogen-bond donors (Lipinski definition) is 1. The minimum atomic E-state index is 0. The standard InChI is InChI=1S/C31H31N2S.C13H24O2.Ir/c1-20(2)15-28-30-25(12-14-34-30)26(19-32-28)22-11-13-33(6)29(18-22)23-16-21-9-7-8-10-24(21)27(17-23)31(3,4)5;1-5-10(6-2)12(14)9-13(15)11(7-3)8-4;/h7-14,17-20H,6,15H2,1-5H3;9-11,14H,5-8H2,1-4H3;/q-1;;/b;12-9-;. The molecule has 269 valence electrons. The molecule has 0 unspecified atom stereocenters. The van der Waals surface area contributed by atoms with Crippen molar-refractivity contribution >= 4 is 38.0 Å². The number of carbonyl (C=O) groups excluding carboxylic acids is 1. The van der Waals surface area contributed by atoms with Crippen LogP contribution in [0.5, 0.6) is 0 Å². The first-order valence-corrected chi connectivity index (χ1v) is 18.8. The molecule has 0 aliphatic carbocycles. The maximum Gasteiger partial charge on any atom is 0.162 e. The van der Waals surface area contributed by atoms with Crippen molar-refractivity contribution in [3.63, 3.8) is 0 Å². The van der Waals surface area contributed by atoms with E-state index >= 15 is 0 Å². The first-order chi connectivity index (χ1) is 23.3. The third-order valence-corrected chi connectivity index (χ3v) is 10.4. The number of allylic oxidation sites excluding steroid dienone is 2. The monoisotopic (exact) mass is 868 g/mol. The maximum absolute atomic E-state index is 11.7. The largest absolute Gasteiger partial charge is 0.512 e. The average molecular weight is 868 g/mol. The van der Waals surface area contributed by atoms with Gasteiger partial charge in [0.25, 0.3) is 0 Å². The molecule has 0 saturated carbocycles. The second-order valence-electron chi connectivity index (χ2n) is 14.5. The van der Waals surface area contributed by atoms with Crippen LogP contribution < -0.4 is 4.57 Å². The van der Waals surface area contributed by atoms with Gasteiger partial charge in [0.05, 0.1) is 22.3 Å². The fourth-order valence-corrected chi connectivity index (χ4v) is 7.39. The Morgan fingerprint density at radius 1 is 0.980 bits per heavy atom. The Kier molecular flexibility index (Phi) is 15.0. The van der Waals surface area contributed by atoms with E-state index in [1.54, 1.807) is 11.3 Å². The van der Waals surface area contributed by atoms with Crippen LogP contribution in [0.2, 0.25) is 0 Å². The van der Waals surface area contributed by atoms with Crippen molar-refractivity contribution in [2.45, 2.75) is 99.8 Å². The fourth-order valence-electron chi connectivity index (χ4n) is 6.47. The summed E-state index contributed by atoms with van der Waals surface area (Å²) in [5.41, 5.74) is 6.97. The molecule has 50 heavy (non-hydrogen) atoms. The Labute approximate surface area is 318 Å². The van der Waals surface area contributed by atoms with Crippen LogP contribution in [0.1, 0.15) is 99.3 Å².